The van der Waals surface area contributed by atoms with E-state index >= 15 is 0 Å². The fraction of sp³-hybridized carbons (Fsp3) is 0.0952. The lowest BCUT2D eigenvalue weighted by molar-refractivity contribution is -0.128. The van der Waals surface area contributed by atoms with Gasteiger partial charge in [0.2, 0.25) is 0 Å². The van der Waals surface area contributed by atoms with Gasteiger partial charge in [-0.3, -0.25) is 20.4 Å². The normalized spacial score (nSPS) is 11.8. The summed E-state index contributed by atoms with van der Waals surface area (Å²) in [5, 5.41) is 0.653. The molecule has 0 bridgehead atoms. The van der Waals surface area contributed by atoms with Crippen LogP contribution in [0, 0.1) is 5.82 Å². The van der Waals surface area contributed by atoms with Crippen LogP contribution in [0.15, 0.2) is 65.1 Å². The lowest BCUT2D eigenvalue weighted by atomic mass is 10.3. The summed E-state index contributed by atoms with van der Waals surface area (Å²) >= 11 is 1.45. The van der Waals surface area contributed by atoms with Crippen LogP contribution in [0.1, 0.15) is 17.5 Å². The van der Waals surface area contributed by atoms with Crippen LogP contribution in [-0.2, 0) is 4.79 Å². The molecule has 1 atom stereocenters. The van der Waals surface area contributed by atoms with Gasteiger partial charge in [0.25, 0.3) is 5.91 Å². The van der Waals surface area contributed by atoms with Crippen molar-refractivity contribution in [1.82, 2.24) is 15.8 Å². The summed E-state index contributed by atoms with van der Waals surface area (Å²) in [5.74, 6) is -0.792. The molecule has 2 aromatic heterocycles. The van der Waals surface area contributed by atoms with Crippen molar-refractivity contribution in [3.05, 3.63) is 72.2 Å². The molecule has 4 aromatic rings. The first kappa shape index (κ1) is 19.6. The van der Waals surface area contributed by atoms with Gasteiger partial charge in [0.05, 0.1) is 10.2 Å². The highest BCUT2D eigenvalue weighted by atomic mass is 32.1. The zero-order valence-electron chi connectivity index (χ0n) is 15.7. The number of thiazole rings is 1. The molecule has 0 radical (unpaired) electrons. The average Bonchev–Trinajstić information content (AvgIpc) is 3.40. The highest BCUT2D eigenvalue weighted by Gasteiger charge is 2.18. The standard InChI is InChI=1S/C21H16FN3O4S/c1-12(28-14-8-6-13(22)7-9-14)19(26)24-25-20(27)16-10-11-17(29-16)21-23-15-4-2-3-5-18(15)30-21/h2-12H,1H3,(H,24,26)(H,25,27). The molecule has 2 heterocycles. The summed E-state index contributed by atoms with van der Waals surface area (Å²) in [4.78, 5) is 28.9. The molecule has 0 aliphatic heterocycles. The van der Waals surface area contributed by atoms with Crippen molar-refractivity contribution in [2.75, 3.05) is 0 Å². The minimum Gasteiger partial charge on any atom is -0.481 e. The molecule has 0 aliphatic carbocycles. The monoisotopic (exact) mass is 425 g/mol. The van der Waals surface area contributed by atoms with E-state index in [1.54, 1.807) is 6.07 Å². The second-order valence-corrected chi connectivity index (χ2v) is 7.34. The van der Waals surface area contributed by atoms with Crippen LogP contribution in [0.25, 0.3) is 21.0 Å². The van der Waals surface area contributed by atoms with Crippen LogP contribution < -0.4 is 15.6 Å². The molecule has 0 fully saturated rings. The SMILES string of the molecule is CC(Oc1ccc(F)cc1)C(=O)NNC(=O)c1ccc(-c2nc3ccccc3s2)o1. The molecule has 0 spiro atoms. The number of para-hydroxylation sites is 1. The summed E-state index contributed by atoms with van der Waals surface area (Å²) < 4.78 is 24.9. The quantitative estimate of drug-likeness (QED) is 0.473. The molecule has 2 N–H and O–H groups in total. The van der Waals surface area contributed by atoms with Crippen LogP contribution in [-0.4, -0.2) is 22.9 Å². The summed E-state index contributed by atoms with van der Waals surface area (Å²) in [6, 6.07) is 16.1. The van der Waals surface area contributed by atoms with Crippen LogP contribution in [0.3, 0.4) is 0 Å². The van der Waals surface area contributed by atoms with Crippen molar-refractivity contribution in [3.63, 3.8) is 0 Å². The van der Waals surface area contributed by atoms with Gasteiger partial charge in [0, 0.05) is 0 Å². The van der Waals surface area contributed by atoms with Crippen LogP contribution >= 0.6 is 11.3 Å². The predicted molar refractivity (Wildman–Crippen MR) is 109 cm³/mol. The van der Waals surface area contributed by atoms with Crippen molar-refractivity contribution in [1.29, 1.82) is 0 Å². The van der Waals surface area contributed by atoms with E-state index in [1.165, 1.54) is 48.6 Å². The fourth-order valence-electron chi connectivity index (χ4n) is 2.60. The Bertz CT molecular complexity index is 1170. The van der Waals surface area contributed by atoms with E-state index in [2.05, 4.69) is 15.8 Å². The van der Waals surface area contributed by atoms with Gasteiger partial charge >= 0.3 is 5.91 Å². The van der Waals surface area contributed by atoms with E-state index in [0.29, 0.717) is 16.5 Å². The van der Waals surface area contributed by atoms with E-state index in [-0.39, 0.29) is 5.76 Å². The number of carbonyl (C=O) groups excluding carboxylic acids is 2. The maximum absolute atomic E-state index is 12.9. The fourth-order valence-corrected chi connectivity index (χ4v) is 3.53. The Hall–Kier alpha value is -3.72. The molecular weight excluding hydrogens is 409 g/mol. The van der Waals surface area contributed by atoms with E-state index in [0.717, 1.165) is 10.2 Å². The maximum atomic E-state index is 12.9. The summed E-state index contributed by atoms with van der Waals surface area (Å²) in [6.45, 7) is 1.50. The molecule has 2 amide bonds. The Labute approximate surface area is 174 Å². The summed E-state index contributed by atoms with van der Waals surface area (Å²) in [7, 11) is 0. The maximum Gasteiger partial charge on any atom is 0.305 e. The largest absolute Gasteiger partial charge is 0.481 e. The minimum absolute atomic E-state index is 0.0247. The zero-order valence-corrected chi connectivity index (χ0v) is 16.5. The number of ether oxygens (including phenoxy) is 1. The van der Waals surface area contributed by atoms with Crippen LogP contribution in [0.4, 0.5) is 4.39 Å². The molecular formula is C21H16FN3O4S. The highest BCUT2D eigenvalue weighted by molar-refractivity contribution is 7.21. The van der Waals surface area contributed by atoms with Gasteiger partial charge in [-0.1, -0.05) is 12.1 Å². The topological polar surface area (TPSA) is 93.5 Å². The molecule has 152 valence electrons. The first-order chi connectivity index (χ1) is 14.5. The molecule has 2 aromatic carbocycles. The van der Waals surface area contributed by atoms with Gasteiger partial charge in [-0.2, -0.15) is 0 Å². The molecule has 0 saturated heterocycles. The van der Waals surface area contributed by atoms with Crippen molar-refractivity contribution in [2.24, 2.45) is 0 Å². The molecule has 0 aliphatic rings. The first-order valence-corrected chi connectivity index (χ1v) is 9.79. The number of nitrogens with zero attached hydrogens (tertiary/aromatic N) is 1. The highest BCUT2D eigenvalue weighted by Crippen LogP contribution is 2.31. The number of nitrogens with one attached hydrogen (secondary N) is 2. The number of hydrogen-bond acceptors (Lipinski definition) is 6. The van der Waals surface area contributed by atoms with Gasteiger partial charge in [0.15, 0.2) is 22.6 Å². The van der Waals surface area contributed by atoms with E-state index < -0.39 is 23.7 Å². The van der Waals surface area contributed by atoms with Crippen LogP contribution in [0.2, 0.25) is 0 Å². The van der Waals surface area contributed by atoms with E-state index in [9.17, 15) is 14.0 Å². The molecule has 0 saturated carbocycles. The molecule has 4 rings (SSSR count). The van der Waals surface area contributed by atoms with Gasteiger partial charge < -0.3 is 9.15 Å². The third-order valence-corrected chi connectivity index (χ3v) is 5.18. The third kappa shape index (κ3) is 4.31. The van der Waals surface area contributed by atoms with Crippen molar-refractivity contribution < 1.29 is 23.1 Å². The third-order valence-electron chi connectivity index (χ3n) is 4.13. The smallest absolute Gasteiger partial charge is 0.305 e. The number of halogens is 1. The molecule has 7 nitrogen and oxygen atoms in total. The number of hydrogen-bond donors (Lipinski definition) is 2. The number of benzene rings is 2. The molecule has 1 unspecified atom stereocenters. The second kappa shape index (κ2) is 8.34. The Morgan fingerprint density at radius 1 is 1.07 bits per heavy atom. The first-order valence-electron chi connectivity index (χ1n) is 8.98. The number of fused-ring (bicyclic) bond motifs is 1. The van der Waals surface area contributed by atoms with Gasteiger partial charge in [0.1, 0.15) is 11.6 Å². The second-order valence-electron chi connectivity index (χ2n) is 6.31. The molecule has 9 heteroatoms. The number of rotatable bonds is 5. The zero-order chi connectivity index (χ0) is 21.1. The summed E-state index contributed by atoms with van der Waals surface area (Å²) in [6.07, 6.45) is -0.911. The van der Waals surface area contributed by atoms with Crippen molar-refractivity contribution in [3.8, 4) is 16.5 Å². The Morgan fingerprint density at radius 2 is 1.83 bits per heavy atom. The lowest BCUT2D eigenvalue weighted by Gasteiger charge is -2.14. The van der Waals surface area contributed by atoms with E-state index in [4.69, 9.17) is 9.15 Å². The Morgan fingerprint density at radius 3 is 2.60 bits per heavy atom. The predicted octanol–water partition coefficient (Wildman–Crippen LogP) is 3.92. The lowest BCUT2D eigenvalue weighted by Crippen LogP contribution is -2.47. The average molecular weight is 425 g/mol. The Kier molecular flexibility index (Phi) is 5.44. The number of hydrazine groups is 1. The Balaban J connectivity index is 1.35. The molecule has 30 heavy (non-hydrogen) atoms. The van der Waals surface area contributed by atoms with Crippen LogP contribution in [0.5, 0.6) is 5.75 Å². The van der Waals surface area contributed by atoms with Crippen molar-refractivity contribution >= 4 is 33.4 Å². The van der Waals surface area contributed by atoms with Gasteiger partial charge in [-0.05, 0) is 55.5 Å². The van der Waals surface area contributed by atoms with Gasteiger partial charge in [-0.15, -0.1) is 11.3 Å². The number of amides is 2. The van der Waals surface area contributed by atoms with Crippen molar-refractivity contribution in [2.45, 2.75) is 13.0 Å². The minimum atomic E-state index is -0.911. The van der Waals surface area contributed by atoms with E-state index in [1.807, 2.05) is 24.3 Å². The van der Waals surface area contributed by atoms with Gasteiger partial charge in [-0.25, -0.2) is 9.37 Å². The number of furan rings is 1. The number of aromatic nitrogens is 1. The number of carbonyl (C=O) groups is 2. The summed E-state index contributed by atoms with van der Waals surface area (Å²) in [5.41, 5.74) is 5.40.